The van der Waals surface area contributed by atoms with Crippen LogP contribution >= 0.6 is 0 Å². The van der Waals surface area contributed by atoms with E-state index in [-0.39, 0.29) is 12.1 Å². The van der Waals surface area contributed by atoms with Gasteiger partial charge in [0.25, 0.3) is 0 Å². The van der Waals surface area contributed by atoms with Gasteiger partial charge in [-0.2, -0.15) is 0 Å². The highest BCUT2D eigenvalue weighted by Gasteiger charge is 2.12. The predicted molar refractivity (Wildman–Crippen MR) is 142 cm³/mol. The summed E-state index contributed by atoms with van der Waals surface area (Å²) in [5, 5.41) is 21.1. The third-order valence-electron chi connectivity index (χ3n) is 6.02. The van der Waals surface area contributed by atoms with Crippen LogP contribution in [-0.2, 0) is 28.8 Å². The number of esters is 1. The molecule has 2 atom stereocenters. The lowest BCUT2D eigenvalue weighted by atomic mass is 9.97. The lowest BCUT2D eigenvalue weighted by molar-refractivity contribution is -0.147. The largest absolute Gasteiger partial charge is 0.493 e. The van der Waals surface area contributed by atoms with Crippen molar-refractivity contribution in [2.24, 2.45) is 0 Å². The number of hydrogen-bond acceptors (Lipinski definition) is 5. The minimum atomic E-state index is -0.557. The van der Waals surface area contributed by atoms with E-state index in [1.54, 1.807) is 0 Å². The van der Waals surface area contributed by atoms with Crippen molar-refractivity contribution >= 4 is 5.97 Å². The molecule has 0 aliphatic rings. The van der Waals surface area contributed by atoms with Gasteiger partial charge in [-0.3, -0.25) is 4.79 Å². The highest BCUT2D eigenvalue weighted by Crippen LogP contribution is 2.22. The average molecular weight is 491 g/mol. The molecule has 5 nitrogen and oxygen atoms in total. The summed E-state index contributed by atoms with van der Waals surface area (Å²) in [7, 11) is 0. The van der Waals surface area contributed by atoms with Crippen molar-refractivity contribution in [2.75, 3.05) is 6.61 Å². The topological polar surface area (TPSA) is 76.0 Å². The Kier molecular flexibility index (Phi) is 11.0. The molecular weight excluding hydrogens is 452 g/mol. The van der Waals surface area contributed by atoms with Crippen LogP contribution in [0.2, 0.25) is 0 Å². The van der Waals surface area contributed by atoms with Gasteiger partial charge in [-0.1, -0.05) is 72.8 Å². The zero-order valence-corrected chi connectivity index (χ0v) is 21.3. The van der Waals surface area contributed by atoms with E-state index in [0.29, 0.717) is 38.7 Å². The van der Waals surface area contributed by atoms with Crippen LogP contribution in [0.5, 0.6) is 5.75 Å². The Hall–Kier alpha value is -3.15. The summed E-state index contributed by atoms with van der Waals surface area (Å²) in [5.74, 6) is 0.522. The van der Waals surface area contributed by atoms with Gasteiger partial charge < -0.3 is 19.7 Å². The highest BCUT2D eigenvalue weighted by atomic mass is 16.5. The first kappa shape index (κ1) is 27.4. The molecule has 0 aliphatic heterocycles. The summed E-state index contributed by atoms with van der Waals surface area (Å²) in [6.07, 6.45) is 2.12. The molecule has 3 aromatic carbocycles. The van der Waals surface area contributed by atoms with Crippen molar-refractivity contribution in [3.63, 3.8) is 0 Å². The van der Waals surface area contributed by atoms with Gasteiger partial charge in [0.1, 0.15) is 5.75 Å². The molecule has 192 valence electrons. The number of rotatable bonds is 14. The molecule has 0 aromatic heterocycles. The molecule has 0 aliphatic carbocycles. The molecule has 0 bridgehead atoms. The highest BCUT2D eigenvalue weighted by molar-refractivity contribution is 5.70. The number of para-hydroxylation sites is 1. The van der Waals surface area contributed by atoms with Crippen LogP contribution in [0, 0.1) is 0 Å². The Bertz CT molecular complexity index is 1060. The minimum absolute atomic E-state index is 0.118. The van der Waals surface area contributed by atoms with E-state index in [9.17, 15) is 15.0 Å². The molecule has 0 amide bonds. The van der Waals surface area contributed by atoms with Gasteiger partial charge in [0.15, 0.2) is 0 Å². The first-order chi connectivity index (χ1) is 17.4. The monoisotopic (exact) mass is 490 g/mol. The molecule has 0 saturated carbocycles. The van der Waals surface area contributed by atoms with Gasteiger partial charge in [0, 0.05) is 19.3 Å². The standard InChI is InChI=1S/C31H38O5/c1-23(2)36-31(34)18-16-26-12-6-7-14-30(26)35-20-19-28(32)17-15-25-11-8-13-27(21-25)29(33)22-24-9-4-3-5-10-24/h3-14,21,23,28-29,32-33H,15-20,22H2,1-2H3. The molecule has 0 saturated heterocycles. The third-order valence-corrected chi connectivity index (χ3v) is 6.02. The van der Waals surface area contributed by atoms with Crippen LogP contribution in [0.4, 0.5) is 0 Å². The fraction of sp³-hybridized carbons (Fsp3) is 0.387. The summed E-state index contributed by atoms with van der Waals surface area (Å²) < 4.78 is 11.1. The fourth-order valence-electron chi connectivity index (χ4n) is 4.10. The molecule has 36 heavy (non-hydrogen) atoms. The molecule has 2 unspecified atom stereocenters. The SMILES string of the molecule is CC(C)OC(=O)CCc1ccccc1OCCC(O)CCc1cccc(C(O)Cc2ccccc2)c1. The van der Waals surface area contributed by atoms with Crippen molar-refractivity contribution in [1.29, 1.82) is 0 Å². The maximum Gasteiger partial charge on any atom is 0.306 e. The maximum atomic E-state index is 11.9. The normalized spacial score (nSPS) is 12.8. The van der Waals surface area contributed by atoms with Crippen molar-refractivity contribution in [2.45, 2.75) is 70.7 Å². The molecule has 0 radical (unpaired) electrons. The van der Waals surface area contributed by atoms with Crippen molar-refractivity contribution in [3.05, 3.63) is 101 Å². The Balaban J connectivity index is 1.43. The van der Waals surface area contributed by atoms with Gasteiger partial charge in [0.05, 0.1) is 24.9 Å². The van der Waals surface area contributed by atoms with Crippen LogP contribution < -0.4 is 4.74 Å². The molecule has 0 heterocycles. The second-order valence-electron chi connectivity index (χ2n) is 9.43. The number of aryl methyl sites for hydroxylation is 2. The van der Waals surface area contributed by atoms with E-state index in [0.717, 1.165) is 34.4 Å². The van der Waals surface area contributed by atoms with Crippen LogP contribution in [0.25, 0.3) is 0 Å². The van der Waals surface area contributed by atoms with E-state index in [2.05, 4.69) is 0 Å². The summed E-state index contributed by atoms with van der Waals surface area (Å²) in [5.41, 5.74) is 4.04. The number of carbonyl (C=O) groups excluding carboxylic acids is 1. The number of aliphatic hydroxyl groups excluding tert-OH is 2. The minimum Gasteiger partial charge on any atom is -0.493 e. The molecule has 0 fully saturated rings. The number of benzene rings is 3. The number of ether oxygens (including phenoxy) is 2. The molecule has 5 heteroatoms. The van der Waals surface area contributed by atoms with Crippen LogP contribution in [0.1, 0.15) is 61.5 Å². The Labute approximate surface area is 214 Å². The molecular formula is C31H38O5. The van der Waals surface area contributed by atoms with Gasteiger partial charge in [0.2, 0.25) is 0 Å². The Morgan fingerprint density at radius 3 is 2.33 bits per heavy atom. The molecule has 0 spiro atoms. The first-order valence-electron chi connectivity index (χ1n) is 12.8. The Morgan fingerprint density at radius 1 is 0.833 bits per heavy atom. The average Bonchev–Trinajstić information content (AvgIpc) is 2.87. The molecule has 3 aromatic rings. The number of carbonyl (C=O) groups is 1. The zero-order chi connectivity index (χ0) is 25.8. The van der Waals surface area contributed by atoms with Gasteiger partial charge >= 0.3 is 5.97 Å². The molecule has 3 rings (SSSR count). The fourth-order valence-corrected chi connectivity index (χ4v) is 4.10. The number of aliphatic hydroxyl groups is 2. The van der Waals surface area contributed by atoms with Crippen LogP contribution in [-0.4, -0.2) is 35.0 Å². The Morgan fingerprint density at radius 2 is 1.56 bits per heavy atom. The molecule has 2 N–H and O–H groups in total. The third kappa shape index (κ3) is 9.48. The van der Waals surface area contributed by atoms with Gasteiger partial charge in [-0.15, -0.1) is 0 Å². The van der Waals surface area contributed by atoms with Gasteiger partial charge in [-0.25, -0.2) is 0 Å². The van der Waals surface area contributed by atoms with Crippen molar-refractivity contribution in [1.82, 2.24) is 0 Å². The quantitative estimate of drug-likeness (QED) is 0.287. The van der Waals surface area contributed by atoms with Crippen molar-refractivity contribution in [3.8, 4) is 5.75 Å². The van der Waals surface area contributed by atoms with Crippen LogP contribution in [0.15, 0.2) is 78.9 Å². The van der Waals surface area contributed by atoms with E-state index in [1.807, 2.05) is 92.7 Å². The summed E-state index contributed by atoms with van der Waals surface area (Å²) in [6.45, 7) is 4.07. The van der Waals surface area contributed by atoms with E-state index < -0.39 is 12.2 Å². The van der Waals surface area contributed by atoms with Gasteiger partial charge in [-0.05, 0) is 61.4 Å². The van der Waals surface area contributed by atoms with Crippen molar-refractivity contribution < 1.29 is 24.5 Å². The smallest absolute Gasteiger partial charge is 0.306 e. The second-order valence-corrected chi connectivity index (χ2v) is 9.43. The maximum absolute atomic E-state index is 11.9. The predicted octanol–water partition coefficient (Wildman–Crippen LogP) is 5.61. The van der Waals surface area contributed by atoms with E-state index >= 15 is 0 Å². The second kappa shape index (κ2) is 14.4. The first-order valence-corrected chi connectivity index (χ1v) is 12.8. The van der Waals surface area contributed by atoms with Crippen LogP contribution in [0.3, 0.4) is 0 Å². The zero-order valence-electron chi connectivity index (χ0n) is 21.3. The number of hydrogen-bond donors (Lipinski definition) is 2. The summed E-state index contributed by atoms with van der Waals surface area (Å²) in [4.78, 5) is 11.9. The summed E-state index contributed by atoms with van der Waals surface area (Å²) >= 11 is 0. The van der Waals surface area contributed by atoms with E-state index in [1.165, 1.54) is 0 Å². The lowest BCUT2D eigenvalue weighted by Crippen LogP contribution is -2.14. The van der Waals surface area contributed by atoms with E-state index in [4.69, 9.17) is 9.47 Å². The lowest BCUT2D eigenvalue weighted by Gasteiger charge is -2.15. The summed E-state index contributed by atoms with van der Waals surface area (Å²) in [6, 6.07) is 25.6.